The van der Waals surface area contributed by atoms with Crippen LogP contribution in [-0.2, 0) is 30.2 Å². The van der Waals surface area contributed by atoms with E-state index >= 15 is 0 Å². The quantitative estimate of drug-likeness (QED) is 0.321. The van der Waals surface area contributed by atoms with Gasteiger partial charge in [-0.3, -0.25) is 4.18 Å². The van der Waals surface area contributed by atoms with Crippen LogP contribution in [0, 0.1) is 0 Å². The Morgan fingerprint density at radius 3 is 2.19 bits per heavy atom. The van der Waals surface area contributed by atoms with Crippen LogP contribution in [-0.4, -0.2) is 51.9 Å². The van der Waals surface area contributed by atoms with Gasteiger partial charge in [0, 0.05) is 28.8 Å². The summed E-state index contributed by atoms with van der Waals surface area (Å²) in [5, 5.41) is 2.60. The molecule has 1 aliphatic heterocycles. The van der Waals surface area contributed by atoms with Gasteiger partial charge in [-0.1, -0.05) is 18.2 Å². The lowest BCUT2D eigenvalue weighted by Crippen LogP contribution is -2.07. The smallest absolute Gasteiger partial charge is 0.217 e. The molecule has 26 heavy (non-hydrogen) atoms. The van der Waals surface area contributed by atoms with Gasteiger partial charge in [-0.2, -0.15) is 0 Å². The predicted molar refractivity (Wildman–Crippen MR) is 103 cm³/mol. The molecule has 144 valence electrons. The Morgan fingerprint density at radius 2 is 1.62 bits per heavy atom. The zero-order chi connectivity index (χ0) is 19.0. The first-order valence-corrected chi connectivity index (χ1v) is 11.2. The molecule has 8 heteroatoms. The van der Waals surface area contributed by atoms with Gasteiger partial charge in [0.25, 0.3) is 0 Å². The van der Waals surface area contributed by atoms with E-state index in [9.17, 15) is 13.0 Å². The monoisotopic (exact) mass is 400 g/mol. The maximum Gasteiger partial charge on any atom is 0.217 e. The van der Waals surface area contributed by atoms with Crippen molar-refractivity contribution >= 4 is 32.1 Å². The Hall–Kier alpha value is -1.32. The molecule has 0 N–H and O–H groups in total. The highest BCUT2D eigenvalue weighted by Crippen LogP contribution is 2.34. The molecule has 2 aromatic rings. The molecule has 1 heterocycles. The van der Waals surface area contributed by atoms with Crippen molar-refractivity contribution in [2.75, 3.05) is 38.9 Å². The summed E-state index contributed by atoms with van der Waals surface area (Å²) in [6.07, 6.45) is 2.76. The third-order valence-electron chi connectivity index (χ3n) is 3.94. The molecular formula is C18H24O6S2. The van der Waals surface area contributed by atoms with Crippen LogP contribution in [0.3, 0.4) is 0 Å². The number of fused-ring (bicyclic) bond motifs is 1. The molecule has 0 saturated carbocycles. The first-order valence-electron chi connectivity index (χ1n) is 8.28. The largest absolute Gasteiger partial charge is 0.726 e. The lowest BCUT2D eigenvalue weighted by Gasteiger charge is -2.11. The van der Waals surface area contributed by atoms with Gasteiger partial charge in [0.15, 0.2) is 4.90 Å². The second kappa shape index (κ2) is 10.1. The molecular weight excluding hydrogens is 376 g/mol. The van der Waals surface area contributed by atoms with Crippen molar-refractivity contribution < 1.29 is 26.6 Å². The fraction of sp³-hybridized carbons (Fsp3) is 0.444. The topological polar surface area (TPSA) is 84.9 Å². The van der Waals surface area contributed by atoms with Crippen molar-refractivity contribution in [2.45, 2.75) is 17.7 Å². The van der Waals surface area contributed by atoms with Gasteiger partial charge in [-0.25, -0.2) is 8.42 Å². The predicted octanol–water partition coefficient (Wildman–Crippen LogP) is 2.73. The second-order valence-corrected chi connectivity index (χ2v) is 9.02. The zero-order valence-electron chi connectivity index (χ0n) is 15.0. The maximum absolute atomic E-state index is 9.22. The number of methoxy groups -OCH3 is 1. The molecule has 1 fully saturated rings. The van der Waals surface area contributed by atoms with Crippen LogP contribution < -0.4 is 4.74 Å². The molecule has 0 aliphatic carbocycles. The molecule has 6 nitrogen and oxygen atoms in total. The Morgan fingerprint density at radius 1 is 1.00 bits per heavy atom. The third-order valence-corrected chi connectivity index (χ3v) is 6.88. The van der Waals surface area contributed by atoms with Crippen molar-refractivity contribution in [2.24, 2.45) is 0 Å². The van der Waals surface area contributed by atoms with Crippen molar-refractivity contribution in [3.8, 4) is 5.75 Å². The Bertz CT molecular complexity index is 800. The summed E-state index contributed by atoms with van der Waals surface area (Å²) < 4.78 is 41.9. The summed E-state index contributed by atoms with van der Waals surface area (Å²) in [6, 6.07) is 13.0. The van der Waals surface area contributed by atoms with Gasteiger partial charge in [0.2, 0.25) is 10.4 Å². The van der Waals surface area contributed by atoms with E-state index < -0.39 is 10.4 Å². The van der Waals surface area contributed by atoms with Crippen molar-refractivity contribution in [1.29, 1.82) is 0 Å². The maximum atomic E-state index is 9.22. The van der Waals surface area contributed by atoms with Crippen molar-refractivity contribution in [3.63, 3.8) is 0 Å². The van der Waals surface area contributed by atoms with E-state index in [4.69, 9.17) is 9.47 Å². The highest BCUT2D eigenvalue weighted by atomic mass is 32.3. The van der Waals surface area contributed by atoms with E-state index in [1.54, 1.807) is 7.11 Å². The van der Waals surface area contributed by atoms with Gasteiger partial charge >= 0.3 is 0 Å². The average molecular weight is 401 g/mol. The van der Waals surface area contributed by atoms with E-state index in [1.165, 1.54) is 40.0 Å². The van der Waals surface area contributed by atoms with E-state index in [-0.39, 0.29) is 0 Å². The van der Waals surface area contributed by atoms with Crippen LogP contribution in [0.4, 0.5) is 0 Å². The summed E-state index contributed by atoms with van der Waals surface area (Å²) in [6.45, 7) is 1.23. The Kier molecular flexibility index (Phi) is 8.17. The standard InChI is InChI=1S/C17H21O2S.CH4O4S/c1-18-10-11-19-16-8-9-17(20-12-4-5-13-20)15-7-3-2-6-14(15)16;1-5-6(2,3)4/h2-3,6-9H,4-5,10-13H2,1H3;1H3,(H,2,3,4)/q+1;/p-1. The van der Waals surface area contributed by atoms with Crippen LogP contribution in [0.2, 0.25) is 0 Å². The molecule has 1 aliphatic rings. The zero-order valence-corrected chi connectivity index (χ0v) is 16.6. The minimum atomic E-state index is -4.41. The van der Waals surface area contributed by atoms with E-state index in [1.807, 2.05) is 0 Å². The van der Waals surface area contributed by atoms with Crippen LogP contribution in [0.25, 0.3) is 10.8 Å². The first-order chi connectivity index (χ1) is 12.5. The van der Waals surface area contributed by atoms with Crippen LogP contribution >= 0.6 is 0 Å². The molecule has 1 saturated heterocycles. The SMILES string of the molecule is COCCOc1ccc([S+]2CCCC2)c2ccccc12.COS(=O)(=O)[O-]. The van der Waals surface area contributed by atoms with Crippen molar-refractivity contribution in [1.82, 2.24) is 0 Å². The van der Waals surface area contributed by atoms with Gasteiger partial charge in [-0.05, 0) is 31.0 Å². The highest BCUT2D eigenvalue weighted by Gasteiger charge is 2.29. The normalized spacial score (nSPS) is 14.9. The van der Waals surface area contributed by atoms with E-state index in [2.05, 4.69) is 40.6 Å². The molecule has 0 aromatic heterocycles. The molecule has 2 aromatic carbocycles. The number of benzene rings is 2. The molecule has 0 atom stereocenters. The summed E-state index contributed by atoms with van der Waals surface area (Å²) in [5.74, 6) is 3.69. The minimum absolute atomic E-state index is 0.439. The lowest BCUT2D eigenvalue weighted by atomic mass is 10.1. The van der Waals surface area contributed by atoms with Crippen LogP contribution in [0.15, 0.2) is 41.3 Å². The van der Waals surface area contributed by atoms with Gasteiger partial charge in [-0.15, -0.1) is 0 Å². The summed E-state index contributed by atoms with van der Waals surface area (Å²) in [5.41, 5.74) is 0. The summed E-state index contributed by atoms with van der Waals surface area (Å²) in [4.78, 5) is 1.53. The summed E-state index contributed by atoms with van der Waals surface area (Å²) in [7, 11) is -1.47. The summed E-state index contributed by atoms with van der Waals surface area (Å²) >= 11 is 0. The fourth-order valence-electron chi connectivity index (χ4n) is 2.73. The number of hydrogen-bond donors (Lipinski definition) is 0. The van der Waals surface area contributed by atoms with Crippen LogP contribution in [0.1, 0.15) is 12.8 Å². The average Bonchev–Trinajstić information content (AvgIpc) is 3.16. The molecule has 0 bridgehead atoms. The molecule has 0 spiro atoms. The number of hydrogen-bond acceptors (Lipinski definition) is 6. The molecule has 3 rings (SSSR count). The highest BCUT2D eigenvalue weighted by molar-refractivity contribution is 7.97. The molecule has 0 unspecified atom stereocenters. The number of rotatable bonds is 6. The second-order valence-electron chi connectivity index (χ2n) is 5.63. The Balaban J connectivity index is 0.000000352. The van der Waals surface area contributed by atoms with Crippen molar-refractivity contribution in [3.05, 3.63) is 36.4 Å². The first kappa shape index (κ1) is 21.0. The lowest BCUT2D eigenvalue weighted by molar-refractivity contribution is 0.147. The van der Waals surface area contributed by atoms with Gasteiger partial charge < -0.3 is 14.0 Å². The van der Waals surface area contributed by atoms with E-state index in [0.29, 0.717) is 24.1 Å². The van der Waals surface area contributed by atoms with E-state index in [0.717, 1.165) is 12.9 Å². The minimum Gasteiger partial charge on any atom is -0.726 e. The fourth-order valence-corrected chi connectivity index (χ4v) is 5.23. The molecule has 0 amide bonds. The Labute approximate surface area is 157 Å². The van der Waals surface area contributed by atoms with Gasteiger partial charge in [0.1, 0.15) is 23.9 Å². The number of ether oxygens (including phenoxy) is 2. The van der Waals surface area contributed by atoms with Crippen LogP contribution in [0.5, 0.6) is 5.75 Å². The molecule has 0 radical (unpaired) electrons. The third kappa shape index (κ3) is 6.14. The van der Waals surface area contributed by atoms with Gasteiger partial charge in [0.05, 0.1) is 13.7 Å².